The molecule has 18 heavy (non-hydrogen) atoms. The summed E-state index contributed by atoms with van der Waals surface area (Å²) in [5.41, 5.74) is 0.693. The van der Waals surface area contributed by atoms with Gasteiger partial charge in [-0.3, -0.25) is 4.90 Å². The maximum atomic E-state index is 12.1. The summed E-state index contributed by atoms with van der Waals surface area (Å²) in [5.74, 6) is 0. The van der Waals surface area contributed by atoms with E-state index in [2.05, 4.69) is 15.9 Å². The largest absolute Gasteiger partial charge is 0.401 e. The number of hydrogen-bond acceptors (Lipinski definition) is 2. The average molecular weight is 326 g/mol. The van der Waals surface area contributed by atoms with Crippen LogP contribution < -0.4 is 0 Å². The van der Waals surface area contributed by atoms with Crippen molar-refractivity contribution in [2.24, 2.45) is 0 Å². The summed E-state index contributed by atoms with van der Waals surface area (Å²) < 4.78 is 37.1. The molecule has 1 unspecified atom stereocenters. The molecule has 1 aromatic rings. The van der Waals surface area contributed by atoms with Crippen LogP contribution in [0, 0.1) is 0 Å². The van der Waals surface area contributed by atoms with Crippen LogP contribution in [0.2, 0.25) is 0 Å². The number of benzene rings is 1. The second-order valence-corrected chi connectivity index (χ2v) is 5.03. The van der Waals surface area contributed by atoms with Crippen molar-refractivity contribution in [2.45, 2.75) is 18.7 Å². The van der Waals surface area contributed by atoms with Gasteiger partial charge in [-0.15, -0.1) is 0 Å². The molecular weight excluding hydrogens is 311 g/mol. The molecular formula is C12H15BrF3NO. The molecule has 0 aromatic heterocycles. The molecule has 6 heteroatoms. The number of rotatable bonds is 5. The van der Waals surface area contributed by atoms with E-state index in [1.54, 1.807) is 18.2 Å². The Labute approximate surface area is 113 Å². The molecule has 0 amide bonds. The molecule has 0 saturated heterocycles. The maximum absolute atomic E-state index is 12.1. The van der Waals surface area contributed by atoms with E-state index in [0.29, 0.717) is 5.56 Å². The summed E-state index contributed by atoms with van der Waals surface area (Å²) >= 11 is 3.30. The third-order valence-corrected chi connectivity index (χ3v) is 3.22. The summed E-state index contributed by atoms with van der Waals surface area (Å²) in [5, 5.41) is 9.91. The number of nitrogens with zero attached hydrogens (tertiary/aromatic N) is 1. The molecule has 1 aromatic carbocycles. The van der Waals surface area contributed by atoms with Gasteiger partial charge >= 0.3 is 6.18 Å². The van der Waals surface area contributed by atoms with Gasteiger partial charge in [0.1, 0.15) is 0 Å². The van der Waals surface area contributed by atoms with E-state index in [9.17, 15) is 18.3 Å². The van der Waals surface area contributed by atoms with E-state index in [-0.39, 0.29) is 13.0 Å². The van der Waals surface area contributed by atoms with Crippen molar-refractivity contribution < 1.29 is 18.3 Å². The molecule has 0 aliphatic heterocycles. The minimum atomic E-state index is -4.20. The Bertz CT molecular complexity index is 384. The minimum Gasteiger partial charge on any atom is -0.388 e. The predicted octanol–water partition coefficient (Wildman–Crippen LogP) is 3.37. The highest BCUT2D eigenvalue weighted by atomic mass is 79.9. The first-order chi connectivity index (χ1) is 8.29. The lowest BCUT2D eigenvalue weighted by Gasteiger charge is -2.20. The zero-order valence-corrected chi connectivity index (χ0v) is 11.5. The van der Waals surface area contributed by atoms with E-state index in [1.165, 1.54) is 7.05 Å². The summed E-state index contributed by atoms with van der Waals surface area (Å²) in [4.78, 5) is 1.15. The standard InChI is InChI=1S/C12H15BrF3NO/c1-17(8-12(14,15)16)7-6-11(18)9-4-2-3-5-10(9)13/h2-5,11,18H,6-8H2,1H3. The quantitative estimate of drug-likeness (QED) is 0.897. The van der Waals surface area contributed by atoms with Gasteiger partial charge in [0.2, 0.25) is 0 Å². The third-order valence-electron chi connectivity index (χ3n) is 2.50. The van der Waals surface area contributed by atoms with Gasteiger partial charge in [0.15, 0.2) is 0 Å². The Hall–Kier alpha value is -0.590. The fourth-order valence-electron chi connectivity index (χ4n) is 1.63. The SMILES string of the molecule is CN(CCC(O)c1ccccc1Br)CC(F)(F)F. The van der Waals surface area contributed by atoms with E-state index in [1.807, 2.05) is 6.07 Å². The summed E-state index contributed by atoms with van der Waals surface area (Å²) in [6, 6.07) is 7.13. The van der Waals surface area contributed by atoms with Crippen LogP contribution in [0.5, 0.6) is 0 Å². The lowest BCUT2D eigenvalue weighted by Crippen LogP contribution is -2.32. The smallest absolute Gasteiger partial charge is 0.388 e. The molecule has 0 heterocycles. The van der Waals surface area contributed by atoms with Gasteiger partial charge < -0.3 is 5.11 Å². The molecule has 2 nitrogen and oxygen atoms in total. The second kappa shape index (κ2) is 6.54. The molecule has 0 spiro atoms. The first-order valence-electron chi connectivity index (χ1n) is 5.47. The van der Waals surface area contributed by atoms with E-state index < -0.39 is 18.8 Å². The molecule has 0 bridgehead atoms. The molecule has 0 radical (unpaired) electrons. The van der Waals surface area contributed by atoms with Crippen LogP contribution in [0.4, 0.5) is 13.2 Å². The van der Waals surface area contributed by atoms with Crippen LogP contribution in [0.15, 0.2) is 28.7 Å². The highest BCUT2D eigenvalue weighted by Crippen LogP contribution is 2.25. The number of aliphatic hydroxyl groups is 1. The van der Waals surface area contributed by atoms with Gasteiger partial charge in [-0.25, -0.2) is 0 Å². The first kappa shape index (κ1) is 15.5. The lowest BCUT2D eigenvalue weighted by atomic mass is 10.1. The van der Waals surface area contributed by atoms with Gasteiger partial charge in [0.05, 0.1) is 12.6 Å². The molecule has 0 aliphatic rings. The molecule has 0 aliphatic carbocycles. The predicted molar refractivity (Wildman–Crippen MR) is 67.3 cm³/mol. The third kappa shape index (κ3) is 5.37. The Morgan fingerprint density at radius 2 is 1.94 bits per heavy atom. The molecule has 0 fully saturated rings. The maximum Gasteiger partial charge on any atom is 0.401 e. The van der Waals surface area contributed by atoms with E-state index in [4.69, 9.17) is 0 Å². The summed E-state index contributed by atoms with van der Waals surface area (Å²) in [7, 11) is 1.39. The van der Waals surface area contributed by atoms with Crippen molar-refractivity contribution in [3.63, 3.8) is 0 Å². The Morgan fingerprint density at radius 3 is 2.50 bits per heavy atom. The molecule has 1 atom stereocenters. The van der Waals surface area contributed by atoms with Crippen molar-refractivity contribution in [1.29, 1.82) is 0 Å². The Kier molecular flexibility index (Phi) is 5.62. The number of alkyl halides is 3. The molecule has 1 rings (SSSR count). The summed E-state index contributed by atoms with van der Waals surface area (Å²) in [6.45, 7) is -0.780. The van der Waals surface area contributed by atoms with Gasteiger partial charge in [0.25, 0.3) is 0 Å². The first-order valence-corrected chi connectivity index (χ1v) is 6.26. The zero-order valence-electron chi connectivity index (χ0n) is 9.91. The number of aliphatic hydroxyl groups excluding tert-OH is 1. The highest BCUT2D eigenvalue weighted by molar-refractivity contribution is 9.10. The topological polar surface area (TPSA) is 23.5 Å². The van der Waals surface area contributed by atoms with E-state index in [0.717, 1.165) is 9.37 Å². The van der Waals surface area contributed by atoms with E-state index >= 15 is 0 Å². The van der Waals surface area contributed by atoms with Crippen LogP contribution in [-0.2, 0) is 0 Å². The molecule has 0 saturated carbocycles. The lowest BCUT2D eigenvalue weighted by molar-refractivity contribution is -0.143. The van der Waals surface area contributed by atoms with Gasteiger partial charge in [0, 0.05) is 11.0 Å². The fourth-order valence-corrected chi connectivity index (χ4v) is 2.18. The summed E-state index contributed by atoms with van der Waals surface area (Å²) in [6.07, 6.45) is -4.71. The van der Waals surface area contributed by atoms with Crippen LogP contribution in [0.3, 0.4) is 0 Å². The highest BCUT2D eigenvalue weighted by Gasteiger charge is 2.29. The average Bonchev–Trinajstić information content (AvgIpc) is 2.24. The van der Waals surface area contributed by atoms with Crippen LogP contribution in [0.1, 0.15) is 18.1 Å². The van der Waals surface area contributed by atoms with Crippen molar-refractivity contribution >= 4 is 15.9 Å². The van der Waals surface area contributed by atoms with Crippen LogP contribution >= 0.6 is 15.9 Å². The molecule has 102 valence electrons. The number of halogens is 4. The zero-order chi connectivity index (χ0) is 13.8. The van der Waals surface area contributed by atoms with Gasteiger partial charge in [-0.1, -0.05) is 34.1 Å². The van der Waals surface area contributed by atoms with Crippen LogP contribution in [-0.4, -0.2) is 36.3 Å². The monoisotopic (exact) mass is 325 g/mol. The second-order valence-electron chi connectivity index (χ2n) is 4.18. The van der Waals surface area contributed by atoms with Crippen molar-refractivity contribution in [2.75, 3.05) is 20.1 Å². The Balaban J connectivity index is 2.47. The van der Waals surface area contributed by atoms with Gasteiger partial charge in [-0.05, 0) is 25.1 Å². The fraction of sp³-hybridized carbons (Fsp3) is 0.500. The molecule has 1 N–H and O–H groups in total. The van der Waals surface area contributed by atoms with Gasteiger partial charge in [-0.2, -0.15) is 13.2 Å². The van der Waals surface area contributed by atoms with Crippen LogP contribution in [0.25, 0.3) is 0 Å². The van der Waals surface area contributed by atoms with Crippen molar-refractivity contribution in [1.82, 2.24) is 4.90 Å². The van der Waals surface area contributed by atoms with Crippen molar-refractivity contribution in [3.05, 3.63) is 34.3 Å². The van der Waals surface area contributed by atoms with Crippen molar-refractivity contribution in [3.8, 4) is 0 Å². The number of hydrogen-bond donors (Lipinski definition) is 1. The normalized spacial score (nSPS) is 13.9. The Morgan fingerprint density at radius 1 is 1.33 bits per heavy atom. The minimum absolute atomic E-state index is 0.183.